The molecule has 1 aromatic carbocycles. The molecule has 0 spiro atoms. The predicted molar refractivity (Wildman–Crippen MR) is 51.8 cm³/mol. The summed E-state index contributed by atoms with van der Waals surface area (Å²) in [5.41, 5.74) is 4.84. The normalized spacial score (nSPS) is 10.4. The third kappa shape index (κ3) is 1.81. The first kappa shape index (κ1) is 10.4. The molecular weight excluding hydrogens is 219 g/mol. The van der Waals surface area contributed by atoms with Gasteiger partial charge >= 0.3 is 0 Å². The molecule has 2 N–H and O–H groups in total. The fraction of sp³-hybridized carbons (Fsp3) is 0. The molecule has 2 rings (SSSR count). The Kier molecular flexibility index (Phi) is 2.47. The van der Waals surface area contributed by atoms with E-state index in [1.165, 1.54) is 12.3 Å². The van der Waals surface area contributed by atoms with Crippen molar-refractivity contribution in [1.29, 1.82) is 0 Å². The van der Waals surface area contributed by atoms with Gasteiger partial charge in [0.15, 0.2) is 0 Å². The average Bonchev–Trinajstić information content (AvgIpc) is 2.15. The number of nitrogen functional groups attached to an aromatic ring is 1. The maximum absolute atomic E-state index is 13.3. The van der Waals surface area contributed by atoms with E-state index in [9.17, 15) is 13.2 Å². The lowest BCUT2D eigenvalue weighted by Crippen LogP contribution is -1.99. The molecule has 0 amide bonds. The highest BCUT2D eigenvalue weighted by molar-refractivity contribution is 5.61. The third-order valence-corrected chi connectivity index (χ3v) is 1.94. The second kappa shape index (κ2) is 3.80. The van der Waals surface area contributed by atoms with Gasteiger partial charge in [-0.15, -0.1) is 0 Å². The first-order valence-electron chi connectivity index (χ1n) is 4.31. The van der Waals surface area contributed by atoms with Gasteiger partial charge in [-0.25, -0.2) is 23.1 Å². The van der Waals surface area contributed by atoms with Gasteiger partial charge in [-0.3, -0.25) is 0 Å². The van der Waals surface area contributed by atoms with Crippen LogP contribution in [-0.4, -0.2) is 9.97 Å². The van der Waals surface area contributed by atoms with Crippen molar-refractivity contribution in [3.05, 3.63) is 41.8 Å². The minimum atomic E-state index is -1.03. The van der Waals surface area contributed by atoms with Crippen LogP contribution in [0, 0.1) is 17.5 Å². The van der Waals surface area contributed by atoms with E-state index in [1.54, 1.807) is 0 Å². The molecule has 2 aromatic rings. The van der Waals surface area contributed by atoms with E-state index >= 15 is 0 Å². The second-order valence-corrected chi connectivity index (χ2v) is 3.04. The van der Waals surface area contributed by atoms with E-state index < -0.39 is 23.0 Å². The quantitative estimate of drug-likeness (QED) is 0.808. The first-order chi connectivity index (χ1) is 7.58. The zero-order valence-corrected chi connectivity index (χ0v) is 7.92. The molecule has 0 aliphatic heterocycles. The van der Waals surface area contributed by atoms with Crippen LogP contribution in [-0.2, 0) is 0 Å². The first-order valence-corrected chi connectivity index (χ1v) is 4.31. The van der Waals surface area contributed by atoms with Gasteiger partial charge in [-0.05, 0) is 6.07 Å². The monoisotopic (exact) mass is 225 g/mol. The SMILES string of the molecule is Nc1nccc(-c2c(F)cc(F)cc2F)n1. The van der Waals surface area contributed by atoms with Gasteiger partial charge in [0.2, 0.25) is 5.95 Å². The van der Waals surface area contributed by atoms with Gasteiger partial charge in [0, 0.05) is 18.3 Å². The Morgan fingerprint density at radius 1 is 1.06 bits per heavy atom. The maximum atomic E-state index is 13.3. The van der Waals surface area contributed by atoms with Gasteiger partial charge in [-0.2, -0.15) is 0 Å². The molecule has 3 nitrogen and oxygen atoms in total. The highest BCUT2D eigenvalue weighted by Crippen LogP contribution is 2.25. The van der Waals surface area contributed by atoms with E-state index in [0.717, 1.165) is 0 Å². The van der Waals surface area contributed by atoms with Crippen LogP contribution in [0.15, 0.2) is 24.4 Å². The van der Waals surface area contributed by atoms with Crippen molar-refractivity contribution in [2.24, 2.45) is 0 Å². The Labute approximate surface area is 88.8 Å². The van der Waals surface area contributed by atoms with E-state index in [0.29, 0.717) is 12.1 Å². The molecule has 0 bridgehead atoms. The van der Waals surface area contributed by atoms with Crippen LogP contribution in [0.4, 0.5) is 19.1 Å². The number of nitrogens with two attached hydrogens (primary N) is 1. The molecule has 0 saturated heterocycles. The third-order valence-electron chi connectivity index (χ3n) is 1.94. The van der Waals surface area contributed by atoms with Crippen molar-refractivity contribution in [2.45, 2.75) is 0 Å². The summed E-state index contributed by atoms with van der Waals surface area (Å²) in [5, 5.41) is 0. The van der Waals surface area contributed by atoms with Gasteiger partial charge in [0.1, 0.15) is 17.5 Å². The summed E-state index contributed by atoms with van der Waals surface area (Å²) in [4.78, 5) is 7.25. The second-order valence-electron chi connectivity index (χ2n) is 3.04. The molecule has 16 heavy (non-hydrogen) atoms. The summed E-state index contributed by atoms with van der Waals surface area (Å²) in [6.45, 7) is 0. The molecule has 6 heteroatoms. The van der Waals surface area contributed by atoms with Crippen molar-refractivity contribution in [3.8, 4) is 11.3 Å². The molecule has 0 radical (unpaired) electrons. The van der Waals surface area contributed by atoms with Crippen LogP contribution >= 0.6 is 0 Å². The van der Waals surface area contributed by atoms with E-state index in [4.69, 9.17) is 5.73 Å². The number of aromatic nitrogens is 2. The van der Waals surface area contributed by atoms with Crippen molar-refractivity contribution in [3.63, 3.8) is 0 Å². The molecular formula is C10H6F3N3. The minimum absolute atomic E-state index is 0.0255. The molecule has 0 saturated carbocycles. The average molecular weight is 225 g/mol. The Morgan fingerprint density at radius 3 is 2.25 bits per heavy atom. The van der Waals surface area contributed by atoms with Crippen molar-refractivity contribution >= 4 is 5.95 Å². The molecule has 0 fully saturated rings. The fourth-order valence-corrected chi connectivity index (χ4v) is 1.30. The lowest BCUT2D eigenvalue weighted by molar-refractivity contribution is 0.547. The fourth-order valence-electron chi connectivity index (χ4n) is 1.30. The number of halogens is 3. The number of benzene rings is 1. The minimum Gasteiger partial charge on any atom is -0.368 e. The number of hydrogen-bond acceptors (Lipinski definition) is 3. The van der Waals surface area contributed by atoms with Crippen molar-refractivity contribution in [2.75, 3.05) is 5.73 Å². The van der Waals surface area contributed by atoms with Crippen LogP contribution in [0.25, 0.3) is 11.3 Å². The summed E-state index contributed by atoms with van der Waals surface area (Å²) >= 11 is 0. The molecule has 82 valence electrons. The van der Waals surface area contributed by atoms with Gasteiger partial charge < -0.3 is 5.73 Å². The Hall–Kier alpha value is -2.11. The standard InChI is InChI=1S/C10H6F3N3/c11-5-3-6(12)9(7(13)4-5)8-1-2-15-10(14)16-8/h1-4H,(H2,14,15,16). The smallest absolute Gasteiger partial charge is 0.220 e. The Morgan fingerprint density at radius 2 is 1.69 bits per heavy atom. The van der Waals surface area contributed by atoms with Crippen LogP contribution in [0.3, 0.4) is 0 Å². The van der Waals surface area contributed by atoms with E-state index in [2.05, 4.69) is 9.97 Å². The maximum Gasteiger partial charge on any atom is 0.220 e. The van der Waals surface area contributed by atoms with E-state index in [-0.39, 0.29) is 11.6 Å². The van der Waals surface area contributed by atoms with Gasteiger partial charge in [0.25, 0.3) is 0 Å². The number of hydrogen-bond donors (Lipinski definition) is 1. The Bertz CT molecular complexity index is 520. The Balaban J connectivity index is 2.64. The lowest BCUT2D eigenvalue weighted by atomic mass is 10.1. The zero-order valence-electron chi connectivity index (χ0n) is 7.92. The number of anilines is 1. The zero-order chi connectivity index (χ0) is 11.7. The summed E-state index contributed by atoms with van der Waals surface area (Å²) in [5.74, 6) is -3.16. The predicted octanol–water partition coefficient (Wildman–Crippen LogP) is 2.14. The molecule has 0 unspecified atom stereocenters. The summed E-state index contributed by atoms with van der Waals surface area (Å²) in [7, 11) is 0. The molecule has 0 atom stereocenters. The number of rotatable bonds is 1. The largest absolute Gasteiger partial charge is 0.368 e. The van der Waals surface area contributed by atoms with Crippen molar-refractivity contribution in [1.82, 2.24) is 9.97 Å². The highest BCUT2D eigenvalue weighted by Gasteiger charge is 2.14. The van der Waals surface area contributed by atoms with Crippen LogP contribution in [0.5, 0.6) is 0 Å². The van der Waals surface area contributed by atoms with Crippen LogP contribution in [0.2, 0.25) is 0 Å². The summed E-state index contributed by atoms with van der Waals surface area (Å²) in [6, 6.07) is 2.45. The lowest BCUT2D eigenvalue weighted by Gasteiger charge is -2.04. The molecule has 1 aromatic heterocycles. The summed E-state index contributed by atoms with van der Waals surface area (Å²) < 4.78 is 39.4. The van der Waals surface area contributed by atoms with Gasteiger partial charge in [-0.1, -0.05) is 0 Å². The molecule has 0 aliphatic rings. The van der Waals surface area contributed by atoms with Gasteiger partial charge in [0.05, 0.1) is 11.3 Å². The van der Waals surface area contributed by atoms with E-state index in [1.807, 2.05) is 0 Å². The van der Waals surface area contributed by atoms with Crippen LogP contribution in [0.1, 0.15) is 0 Å². The highest BCUT2D eigenvalue weighted by atomic mass is 19.1. The number of nitrogens with zero attached hydrogens (tertiary/aromatic N) is 2. The summed E-state index contributed by atoms with van der Waals surface area (Å²) in [6.07, 6.45) is 1.26. The van der Waals surface area contributed by atoms with Crippen LogP contribution < -0.4 is 5.73 Å². The molecule has 1 heterocycles. The van der Waals surface area contributed by atoms with Crippen molar-refractivity contribution < 1.29 is 13.2 Å². The molecule has 0 aliphatic carbocycles. The topological polar surface area (TPSA) is 51.8 Å².